The Labute approximate surface area is 61.3 Å². The maximum Gasteiger partial charge on any atom is 0.152 e. The van der Waals surface area contributed by atoms with Crippen molar-refractivity contribution in [1.29, 1.82) is 0 Å². The smallest absolute Gasteiger partial charge is 0.152 e. The molecule has 0 atom stereocenters. The first kappa shape index (κ1) is 5.61. The zero-order chi connectivity index (χ0) is 7.14. The summed E-state index contributed by atoms with van der Waals surface area (Å²) < 4.78 is 2.43. The van der Waals surface area contributed by atoms with Crippen LogP contribution in [0.25, 0.3) is 10.2 Å². The predicted octanol–water partition coefficient (Wildman–Crippen LogP) is 1.12. The largest absolute Gasteiger partial charge is 0.505 e. The molecule has 0 unspecified atom stereocenters. The lowest BCUT2D eigenvalue weighted by Gasteiger charge is -1.90. The fraction of sp³-hybridized carbons (Fsp3) is 0. The van der Waals surface area contributed by atoms with Gasteiger partial charge < -0.3 is 10.9 Å². The molecule has 3 nitrogen and oxygen atoms in total. The molecule has 4 heteroatoms. The molecule has 0 amide bonds. The van der Waals surface area contributed by atoms with E-state index in [1.165, 1.54) is 16.0 Å². The molecule has 0 aliphatic heterocycles. The number of nitrogens with zero attached hydrogens (tertiary/aromatic N) is 1. The summed E-state index contributed by atoms with van der Waals surface area (Å²) in [6, 6.07) is 1.87. The summed E-state index contributed by atoms with van der Waals surface area (Å²) in [4.78, 5) is 0. The Morgan fingerprint density at radius 2 is 2.40 bits per heavy atom. The molecular weight excluding hydrogens is 148 g/mol. The van der Waals surface area contributed by atoms with Crippen molar-refractivity contribution in [3.63, 3.8) is 0 Å². The molecule has 3 N–H and O–H groups in total. The fourth-order valence-corrected chi connectivity index (χ4v) is 1.77. The molecule has 0 fully saturated rings. The van der Waals surface area contributed by atoms with Crippen LogP contribution in [0.5, 0.6) is 5.75 Å². The monoisotopic (exact) mass is 154 g/mol. The van der Waals surface area contributed by atoms with Gasteiger partial charge in [-0.3, -0.25) is 4.68 Å². The number of aromatic hydroxyl groups is 1. The zero-order valence-corrected chi connectivity index (χ0v) is 5.93. The minimum absolute atomic E-state index is 0.257. The average molecular weight is 154 g/mol. The molecule has 0 radical (unpaired) electrons. The van der Waals surface area contributed by atoms with Gasteiger partial charge in [0.2, 0.25) is 0 Å². The van der Waals surface area contributed by atoms with Gasteiger partial charge in [0, 0.05) is 11.6 Å². The summed E-state index contributed by atoms with van der Waals surface area (Å²) in [5.41, 5.74) is 0.713. The van der Waals surface area contributed by atoms with E-state index in [9.17, 15) is 5.11 Å². The standard InChI is InChI=1S/C6H6N2OS/c7-8-2-1-5-6(8)4(9)3-10-5/h1-3,9H,7H2. The summed E-state index contributed by atoms with van der Waals surface area (Å²) in [5, 5.41) is 10.9. The molecule has 2 aromatic rings. The summed E-state index contributed by atoms with van der Waals surface area (Å²) in [5.74, 6) is 5.74. The van der Waals surface area contributed by atoms with Crippen molar-refractivity contribution in [2.45, 2.75) is 0 Å². The molecule has 0 spiro atoms. The minimum atomic E-state index is 0.257. The van der Waals surface area contributed by atoms with Crippen molar-refractivity contribution >= 4 is 21.6 Å². The fourth-order valence-electron chi connectivity index (χ4n) is 0.957. The van der Waals surface area contributed by atoms with Gasteiger partial charge in [0.15, 0.2) is 5.75 Å². The highest BCUT2D eigenvalue weighted by Crippen LogP contribution is 2.30. The second-order valence-corrected chi connectivity index (χ2v) is 2.97. The molecular formula is C6H6N2OS. The molecule has 0 aliphatic rings. The molecule has 10 heavy (non-hydrogen) atoms. The number of fused-ring (bicyclic) bond motifs is 1. The molecule has 2 aromatic heterocycles. The van der Waals surface area contributed by atoms with Gasteiger partial charge >= 0.3 is 0 Å². The van der Waals surface area contributed by atoms with E-state index in [-0.39, 0.29) is 5.75 Å². The second kappa shape index (κ2) is 1.67. The molecule has 2 heterocycles. The topological polar surface area (TPSA) is 51.2 Å². The Morgan fingerprint density at radius 1 is 1.60 bits per heavy atom. The van der Waals surface area contributed by atoms with Crippen LogP contribution in [-0.4, -0.2) is 9.78 Å². The number of hydrogen-bond donors (Lipinski definition) is 2. The molecule has 0 saturated heterocycles. The van der Waals surface area contributed by atoms with Crippen LogP contribution in [0.1, 0.15) is 0 Å². The van der Waals surface area contributed by atoms with Crippen LogP contribution in [-0.2, 0) is 0 Å². The lowest BCUT2D eigenvalue weighted by molar-refractivity contribution is 0.481. The lowest BCUT2D eigenvalue weighted by Crippen LogP contribution is -2.04. The summed E-state index contributed by atoms with van der Waals surface area (Å²) in [6.45, 7) is 0. The van der Waals surface area contributed by atoms with E-state index >= 15 is 0 Å². The highest BCUT2D eigenvalue weighted by atomic mass is 32.1. The number of nitrogen functional groups attached to an aromatic ring is 1. The van der Waals surface area contributed by atoms with Gasteiger partial charge in [-0.15, -0.1) is 11.3 Å². The van der Waals surface area contributed by atoms with Crippen LogP contribution >= 0.6 is 11.3 Å². The summed E-state index contributed by atoms with van der Waals surface area (Å²) >= 11 is 1.48. The SMILES string of the molecule is Nn1ccc2scc(O)c21. The number of nitrogens with two attached hydrogens (primary N) is 1. The van der Waals surface area contributed by atoms with Gasteiger partial charge in [0.05, 0.1) is 4.70 Å². The van der Waals surface area contributed by atoms with Gasteiger partial charge in [0.25, 0.3) is 0 Å². The molecule has 0 aliphatic carbocycles. The van der Waals surface area contributed by atoms with E-state index in [4.69, 9.17) is 5.84 Å². The number of thiophene rings is 1. The van der Waals surface area contributed by atoms with Crippen molar-refractivity contribution < 1.29 is 5.11 Å². The summed E-state index contributed by atoms with van der Waals surface area (Å²) in [7, 11) is 0. The minimum Gasteiger partial charge on any atom is -0.505 e. The highest BCUT2D eigenvalue weighted by molar-refractivity contribution is 7.17. The Hall–Kier alpha value is -1.16. The third kappa shape index (κ3) is 0.537. The van der Waals surface area contributed by atoms with Crippen LogP contribution in [0.2, 0.25) is 0 Å². The van der Waals surface area contributed by atoms with Crippen LogP contribution in [0.3, 0.4) is 0 Å². The Kier molecular flexibility index (Phi) is 0.935. The third-order valence-corrected chi connectivity index (χ3v) is 2.34. The first-order valence-electron chi connectivity index (χ1n) is 2.81. The first-order valence-corrected chi connectivity index (χ1v) is 3.69. The van der Waals surface area contributed by atoms with E-state index in [0.29, 0.717) is 5.52 Å². The Bertz CT molecular complexity index is 331. The quantitative estimate of drug-likeness (QED) is 0.559. The second-order valence-electron chi connectivity index (χ2n) is 2.06. The summed E-state index contributed by atoms with van der Waals surface area (Å²) in [6.07, 6.45) is 1.72. The van der Waals surface area contributed by atoms with Crippen molar-refractivity contribution in [2.75, 3.05) is 5.84 Å². The lowest BCUT2D eigenvalue weighted by atomic mass is 10.5. The van der Waals surface area contributed by atoms with Gasteiger partial charge in [-0.1, -0.05) is 0 Å². The van der Waals surface area contributed by atoms with Crippen molar-refractivity contribution in [2.24, 2.45) is 0 Å². The van der Waals surface area contributed by atoms with Crippen LogP contribution in [0.4, 0.5) is 0 Å². The van der Waals surface area contributed by atoms with Crippen molar-refractivity contribution in [3.8, 4) is 5.75 Å². The van der Waals surface area contributed by atoms with Crippen LogP contribution in [0.15, 0.2) is 17.6 Å². The zero-order valence-electron chi connectivity index (χ0n) is 5.11. The maximum absolute atomic E-state index is 9.19. The number of aromatic nitrogens is 1. The molecule has 0 saturated carbocycles. The molecule has 0 aromatic carbocycles. The van der Waals surface area contributed by atoms with Gasteiger partial charge in [-0.2, -0.15) is 0 Å². The normalized spacial score (nSPS) is 10.8. The predicted molar refractivity (Wildman–Crippen MR) is 41.6 cm³/mol. The van der Waals surface area contributed by atoms with Crippen LogP contribution in [0, 0.1) is 0 Å². The van der Waals surface area contributed by atoms with E-state index in [2.05, 4.69) is 0 Å². The van der Waals surface area contributed by atoms with E-state index in [0.717, 1.165) is 4.70 Å². The molecule has 0 bridgehead atoms. The highest BCUT2D eigenvalue weighted by Gasteiger charge is 2.04. The van der Waals surface area contributed by atoms with Crippen LogP contribution < -0.4 is 5.84 Å². The third-order valence-electron chi connectivity index (χ3n) is 1.42. The van der Waals surface area contributed by atoms with Crippen molar-refractivity contribution in [3.05, 3.63) is 17.6 Å². The van der Waals surface area contributed by atoms with Gasteiger partial charge in [-0.05, 0) is 6.07 Å². The molecule has 52 valence electrons. The Morgan fingerprint density at radius 3 is 3.10 bits per heavy atom. The van der Waals surface area contributed by atoms with Gasteiger partial charge in [-0.25, -0.2) is 0 Å². The van der Waals surface area contributed by atoms with Crippen molar-refractivity contribution in [1.82, 2.24) is 4.68 Å². The van der Waals surface area contributed by atoms with E-state index in [1.54, 1.807) is 11.6 Å². The molecule has 2 rings (SSSR count). The first-order chi connectivity index (χ1) is 4.79. The maximum atomic E-state index is 9.19. The number of hydrogen-bond acceptors (Lipinski definition) is 3. The number of rotatable bonds is 0. The van der Waals surface area contributed by atoms with E-state index in [1.807, 2.05) is 6.07 Å². The Balaban J connectivity index is 2.98. The average Bonchev–Trinajstić information content (AvgIpc) is 2.40. The van der Waals surface area contributed by atoms with E-state index < -0.39 is 0 Å². The van der Waals surface area contributed by atoms with Gasteiger partial charge in [0.1, 0.15) is 5.52 Å².